The Morgan fingerprint density at radius 2 is 2.19 bits per heavy atom. The molecule has 2 aromatic rings. The first-order valence-corrected chi connectivity index (χ1v) is 8.65. The zero-order valence-electron chi connectivity index (χ0n) is 14.2. The largest absolute Gasteiger partial charge is 0.434 e. The maximum Gasteiger partial charge on any atom is 0.434 e. The van der Waals surface area contributed by atoms with Crippen LogP contribution in [0.5, 0.6) is 0 Å². The van der Waals surface area contributed by atoms with Crippen LogP contribution in [-0.4, -0.2) is 32.8 Å². The van der Waals surface area contributed by atoms with Crippen LogP contribution in [-0.2, 0) is 19.3 Å². The van der Waals surface area contributed by atoms with E-state index >= 15 is 0 Å². The van der Waals surface area contributed by atoms with Crippen molar-refractivity contribution in [1.29, 1.82) is 0 Å². The molecule has 0 fully saturated rings. The highest BCUT2D eigenvalue weighted by Gasteiger charge is 2.33. The number of aromatic nitrogens is 4. The van der Waals surface area contributed by atoms with Gasteiger partial charge >= 0.3 is 6.18 Å². The lowest BCUT2D eigenvalue weighted by atomic mass is 10.1. The van der Waals surface area contributed by atoms with Crippen LogP contribution in [0.3, 0.4) is 0 Å². The van der Waals surface area contributed by atoms with Crippen molar-refractivity contribution in [2.45, 2.75) is 45.1 Å². The van der Waals surface area contributed by atoms with Gasteiger partial charge < -0.3 is 10.6 Å². The van der Waals surface area contributed by atoms with Crippen molar-refractivity contribution in [2.75, 3.05) is 7.05 Å². The molecule has 0 aromatic carbocycles. The zero-order valence-corrected chi connectivity index (χ0v) is 17.3. The third-order valence-corrected chi connectivity index (χ3v) is 4.61. The van der Waals surface area contributed by atoms with Crippen LogP contribution in [0.15, 0.2) is 10.4 Å². The molecule has 2 N–H and O–H groups in total. The predicted molar refractivity (Wildman–Crippen MR) is 103 cm³/mol. The summed E-state index contributed by atoms with van der Waals surface area (Å²) in [6, 6.07) is -0.0387. The lowest BCUT2D eigenvalue weighted by Crippen LogP contribution is -2.41. The van der Waals surface area contributed by atoms with E-state index in [0.717, 1.165) is 41.9 Å². The van der Waals surface area contributed by atoms with Gasteiger partial charge in [0.25, 0.3) is 0 Å². The van der Waals surface area contributed by atoms with Crippen LogP contribution in [0, 0.1) is 6.92 Å². The van der Waals surface area contributed by atoms with Gasteiger partial charge in [0.1, 0.15) is 16.7 Å². The summed E-state index contributed by atoms with van der Waals surface area (Å²) in [6.45, 7) is 2.84. The average molecular weight is 501 g/mol. The molecule has 7 nitrogen and oxygen atoms in total. The van der Waals surface area contributed by atoms with Gasteiger partial charge in [-0.05, 0) is 19.8 Å². The molecular weight excluding hydrogens is 482 g/mol. The molecule has 2 aromatic heterocycles. The Labute approximate surface area is 169 Å². The Balaban J connectivity index is 0.00000243. The summed E-state index contributed by atoms with van der Waals surface area (Å²) in [6.07, 6.45) is -2.57. The number of rotatable bonds is 3. The number of aliphatic imine (C=N–C) groups is 1. The zero-order chi connectivity index (χ0) is 18.0. The van der Waals surface area contributed by atoms with E-state index in [0.29, 0.717) is 16.8 Å². The van der Waals surface area contributed by atoms with Crippen molar-refractivity contribution in [3.63, 3.8) is 0 Å². The van der Waals surface area contributed by atoms with Gasteiger partial charge in [-0.2, -0.15) is 18.3 Å². The van der Waals surface area contributed by atoms with Crippen LogP contribution >= 0.6 is 35.3 Å². The molecule has 0 spiro atoms. The van der Waals surface area contributed by atoms with E-state index < -0.39 is 11.9 Å². The molecule has 1 aliphatic rings. The van der Waals surface area contributed by atoms with Crippen molar-refractivity contribution in [3.05, 3.63) is 27.7 Å². The number of alkyl halides is 3. The van der Waals surface area contributed by atoms with Crippen molar-refractivity contribution in [1.82, 2.24) is 30.4 Å². The SMILES string of the molecule is CN=C(NCc1nc(C(F)(F)F)cs1)NC1CCCn2nc(C)nc21.I. The monoisotopic (exact) mass is 501 g/mol. The highest BCUT2D eigenvalue weighted by atomic mass is 127. The van der Waals surface area contributed by atoms with Gasteiger partial charge in [0, 0.05) is 19.0 Å². The molecule has 0 bridgehead atoms. The second kappa shape index (κ2) is 8.50. The van der Waals surface area contributed by atoms with Crippen molar-refractivity contribution in [3.8, 4) is 0 Å². The third kappa shape index (κ3) is 4.84. The standard InChI is InChI=1S/C14H18F3N7S.HI/c1-8-20-12-9(4-3-5-24(12)23-8)21-13(18-2)19-6-11-22-10(7-25-11)14(15,16)17;/h7,9H,3-6H2,1-2H3,(H2,18,19,21);1H. The van der Waals surface area contributed by atoms with E-state index in [1.807, 2.05) is 11.6 Å². The Kier molecular flexibility index (Phi) is 6.82. The van der Waals surface area contributed by atoms with Crippen LogP contribution in [0.1, 0.15) is 41.2 Å². The predicted octanol–water partition coefficient (Wildman–Crippen LogP) is 2.88. The topological polar surface area (TPSA) is 80.0 Å². The highest BCUT2D eigenvalue weighted by molar-refractivity contribution is 14.0. The molecule has 26 heavy (non-hydrogen) atoms. The van der Waals surface area contributed by atoms with Crippen LogP contribution in [0.4, 0.5) is 13.2 Å². The Bertz CT molecular complexity index is 771. The number of halogens is 4. The van der Waals surface area contributed by atoms with Gasteiger partial charge in [-0.25, -0.2) is 14.6 Å². The van der Waals surface area contributed by atoms with Crippen molar-refractivity contribution < 1.29 is 13.2 Å². The minimum absolute atomic E-state index is 0. The Morgan fingerprint density at radius 1 is 1.42 bits per heavy atom. The summed E-state index contributed by atoms with van der Waals surface area (Å²) in [5.74, 6) is 2.05. The molecule has 3 heterocycles. The number of guanidine groups is 1. The van der Waals surface area contributed by atoms with Gasteiger partial charge in [-0.1, -0.05) is 0 Å². The highest BCUT2D eigenvalue weighted by Crippen LogP contribution is 2.30. The van der Waals surface area contributed by atoms with E-state index in [1.54, 1.807) is 7.05 Å². The lowest BCUT2D eigenvalue weighted by Gasteiger charge is -2.24. The van der Waals surface area contributed by atoms with Crippen molar-refractivity contribution in [2.24, 2.45) is 4.99 Å². The maximum absolute atomic E-state index is 12.6. The second-order valence-corrected chi connectivity index (χ2v) is 6.57. The molecule has 144 valence electrons. The smallest absolute Gasteiger partial charge is 0.350 e. The van der Waals surface area contributed by atoms with Gasteiger partial charge in [0.05, 0.1) is 12.6 Å². The third-order valence-electron chi connectivity index (χ3n) is 3.76. The molecule has 0 radical (unpaired) electrons. The molecule has 1 aliphatic heterocycles. The van der Waals surface area contributed by atoms with E-state index in [2.05, 4.69) is 30.7 Å². The van der Waals surface area contributed by atoms with Crippen molar-refractivity contribution >= 4 is 41.3 Å². The molecule has 1 atom stereocenters. The van der Waals surface area contributed by atoms with E-state index in [-0.39, 0.29) is 36.6 Å². The fourth-order valence-corrected chi connectivity index (χ4v) is 3.39. The Morgan fingerprint density at radius 3 is 2.85 bits per heavy atom. The number of nitrogens with one attached hydrogen (secondary N) is 2. The number of nitrogens with zero attached hydrogens (tertiary/aromatic N) is 5. The molecule has 12 heteroatoms. The lowest BCUT2D eigenvalue weighted by molar-refractivity contribution is -0.140. The molecule has 1 unspecified atom stereocenters. The summed E-state index contributed by atoms with van der Waals surface area (Å²) in [5.41, 5.74) is -0.867. The van der Waals surface area contributed by atoms with Crippen LogP contribution < -0.4 is 10.6 Å². The Hall–Kier alpha value is -1.44. The molecular formula is C14H19F3IN7S. The molecule has 0 aliphatic carbocycles. The number of thiazole rings is 1. The summed E-state index contributed by atoms with van der Waals surface area (Å²) < 4.78 is 39.6. The summed E-state index contributed by atoms with van der Waals surface area (Å²) in [5, 5.41) is 12.0. The molecule has 3 rings (SSSR count). The quantitative estimate of drug-likeness (QED) is 0.384. The average Bonchev–Trinajstić information content (AvgIpc) is 3.17. The second-order valence-electron chi connectivity index (χ2n) is 5.63. The van der Waals surface area contributed by atoms with Crippen LogP contribution in [0.25, 0.3) is 0 Å². The summed E-state index contributed by atoms with van der Waals surface area (Å²) in [7, 11) is 1.61. The number of aryl methyl sites for hydroxylation is 2. The fourth-order valence-electron chi connectivity index (χ4n) is 2.65. The maximum atomic E-state index is 12.6. The van der Waals surface area contributed by atoms with E-state index in [9.17, 15) is 13.2 Å². The minimum atomic E-state index is -4.42. The number of fused-ring (bicyclic) bond motifs is 1. The van der Waals surface area contributed by atoms with Gasteiger partial charge in [-0.3, -0.25) is 4.99 Å². The first-order chi connectivity index (χ1) is 11.9. The number of hydrogen-bond donors (Lipinski definition) is 2. The normalized spacial score (nSPS) is 17.4. The van der Waals surface area contributed by atoms with Gasteiger partial charge in [-0.15, -0.1) is 35.3 Å². The van der Waals surface area contributed by atoms with Crippen LogP contribution in [0.2, 0.25) is 0 Å². The number of hydrogen-bond acceptors (Lipinski definition) is 5. The van der Waals surface area contributed by atoms with Gasteiger partial charge in [0.15, 0.2) is 11.7 Å². The van der Waals surface area contributed by atoms with E-state index in [1.165, 1.54) is 0 Å². The molecule has 0 saturated carbocycles. The summed E-state index contributed by atoms with van der Waals surface area (Å²) in [4.78, 5) is 12.2. The fraction of sp³-hybridized carbons (Fsp3) is 0.571. The molecule has 0 saturated heterocycles. The molecule has 0 amide bonds. The minimum Gasteiger partial charge on any atom is -0.350 e. The first-order valence-electron chi connectivity index (χ1n) is 7.77. The van der Waals surface area contributed by atoms with E-state index in [4.69, 9.17) is 0 Å². The van der Waals surface area contributed by atoms with Gasteiger partial charge in [0.2, 0.25) is 0 Å². The first kappa shape index (κ1) is 20.9. The summed E-state index contributed by atoms with van der Waals surface area (Å²) >= 11 is 0.964.